The Kier molecular flexibility index (Phi) is 58.4. The number of benzene rings is 1. The van der Waals surface area contributed by atoms with Crippen LogP contribution in [0.1, 0.15) is 218 Å². The van der Waals surface area contributed by atoms with E-state index >= 15 is 0 Å². The predicted molar refractivity (Wildman–Crippen MR) is 388 cm³/mol. The molecule has 10 atom stereocenters. The SMILES string of the molecule is C=C(C)C(=O)OCC1CCC(OC(=O)C(C)CC)CC1.C=CC(=O)OCC1CCC(OC(=O)C(C)CC)C(O)C1.C=CC(=O)OCCOC(=O)C(C)CC.CCC(C)C(=O)OCCC#N.CCC(C)C(=O)OCCC#N.CCC(C)C(=O)OCc1ccoc1.CCC(C)C(=O)Oc1ccc(C#N)cc1. The van der Waals surface area contributed by atoms with Crippen LogP contribution in [0.4, 0.5) is 0 Å². The summed E-state index contributed by atoms with van der Waals surface area (Å²) < 4.78 is 55.0. The van der Waals surface area contributed by atoms with E-state index in [1.54, 1.807) is 56.7 Å². The van der Waals surface area contributed by atoms with E-state index in [2.05, 4.69) is 24.5 Å². The van der Waals surface area contributed by atoms with E-state index in [0.29, 0.717) is 48.9 Å². The number of aliphatic hydroxyl groups is 1. The average molecular weight is 1460 g/mol. The van der Waals surface area contributed by atoms with Gasteiger partial charge in [0.25, 0.3) is 0 Å². The van der Waals surface area contributed by atoms with Crippen molar-refractivity contribution >= 4 is 59.7 Å². The van der Waals surface area contributed by atoms with Crippen molar-refractivity contribution in [2.45, 2.75) is 232 Å². The molecule has 104 heavy (non-hydrogen) atoms. The molecule has 1 N–H and O–H groups in total. The number of hydrogen-bond donors (Lipinski definition) is 1. The van der Waals surface area contributed by atoms with Crippen LogP contribution in [0.25, 0.3) is 0 Å². The van der Waals surface area contributed by atoms with E-state index in [0.717, 1.165) is 94.8 Å². The molecule has 2 saturated carbocycles. The molecule has 0 amide bonds. The third kappa shape index (κ3) is 48.7. The first-order chi connectivity index (χ1) is 49.4. The smallest absolute Gasteiger partial charge is 0.333 e. The molecule has 1 aromatic heterocycles. The fourth-order valence-electron chi connectivity index (χ4n) is 7.85. The van der Waals surface area contributed by atoms with Gasteiger partial charge in [-0.05, 0) is 139 Å². The van der Waals surface area contributed by atoms with Crippen LogP contribution in [0.5, 0.6) is 5.75 Å². The van der Waals surface area contributed by atoms with Crippen LogP contribution in [-0.4, -0.2) is 123 Å². The molecular weight excluding hydrogens is 1340 g/mol. The van der Waals surface area contributed by atoms with Crippen LogP contribution >= 0.6 is 0 Å². The van der Waals surface area contributed by atoms with Gasteiger partial charge in [0.15, 0.2) is 0 Å². The highest BCUT2D eigenvalue weighted by atomic mass is 16.6. The van der Waals surface area contributed by atoms with Gasteiger partial charge >= 0.3 is 59.7 Å². The number of rotatable bonds is 33. The van der Waals surface area contributed by atoms with Crippen LogP contribution < -0.4 is 4.74 Å². The van der Waals surface area contributed by atoms with Crippen molar-refractivity contribution in [1.82, 2.24) is 0 Å². The van der Waals surface area contributed by atoms with Crippen molar-refractivity contribution in [3.05, 3.63) is 91.4 Å². The maximum Gasteiger partial charge on any atom is 0.333 e. The quantitative estimate of drug-likeness (QED) is 0.0228. The number of ether oxygens (including phenoxy) is 10. The standard InChI is InChI=1S/C16H26O4.C15H24O5.C12H13NO2.C10H16O4.C10H14O3.2C8H13NO2/c1-5-12(4)16(18)20-14-8-6-13(7-9-14)10-19-15(17)11(2)3;1-4-10(3)15(18)20-13-7-6-11(8-12(13)16)9-19-14(17)5-2;1-3-9(2)12(14)15-11-6-4-10(8-13)5-7-11;1-4-8(3)10(12)14-7-6-13-9(11)5-2;1-3-8(2)10(11)13-7-9-4-5-12-6-9;2*1-3-7(2)8(10)11-6-4-5-9/h12-14H,2,5-10H2,1,3-4H3;5,10-13,16H,2,4,6-9H2,1,3H3;4-7,9H,3H2,1-2H3;5,8H,2,4,6-7H2,1,3H3;4-6,8H,3,7H2,1-2H3;2*7H,3-4,6H2,1-2H3. The Balaban J connectivity index is -0.00000116. The normalized spacial score (nSPS) is 17.1. The summed E-state index contributed by atoms with van der Waals surface area (Å²) in [7, 11) is 0. The van der Waals surface area contributed by atoms with Gasteiger partial charge in [-0.1, -0.05) is 117 Å². The van der Waals surface area contributed by atoms with Crippen LogP contribution in [0.3, 0.4) is 0 Å². The summed E-state index contributed by atoms with van der Waals surface area (Å²) in [6, 6.07) is 14.1. The molecular formula is C79H119N3O22. The molecule has 0 bridgehead atoms. The van der Waals surface area contributed by atoms with Crippen molar-refractivity contribution in [2.24, 2.45) is 53.3 Å². The van der Waals surface area contributed by atoms with Crippen LogP contribution in [0.2, 0.25) is 0 Å². The number of carbonyl (C=O) groups excluding carboxylic acids is 10. The second kappa shape index (κ2) is 61.3. The minimum Gasteiger partial charge on any atom is -0.472 e. The van der Waals surface area contributed by atoms with Gasteiger partial charge in [0.05, 0.1) is 110 Å². The summed E-state index contributed by atoms with van der Waals surface area (Å²) in [6.07, 6.45) is 15.6. The van der Waals surface area contributed by atoms with Crippen molar-refractivity contribution in [1.29, 1.82) is 15.8 Å². The van der Waals surface area contributed by atoms with E-state index in [4.69, 9.17) is 62.8 Å². The molecule has 4 rings (SSSR count). The lowest BCUT2D eigenvalue weighted by Gasteiger charge is -2.32. The van der Waals surface area contributed by atoms with Crippen molar-refractivity contribution < 1.29 is 105 Å². The lowest BCUT2D eigenvalue weighted by molar-refractivity contribution is -0.164. The molecule has 25 nitrogen and oxygen atoms in total. The van der Waals surface area contributed by atoms with E-state index < -0.39 is 24.1 Å². The highest BCUT2D eigenvalue weighted by Crippen LogP contribution is 2.29. The predicted octanol–water partition coefficient (Wildman–Crippen LogP) is 14.3. The maximum absolute atomic E-state index is 11.7. The average Bonchev–Trinajstić information content (AvgIpc) is 1.00. The molecule has 2 aliphatic rings. The molecule has 2 fully saturated rings. The van der Waals surface area contributed by atoms with E-state index in [-0.39, 0.29) is 147 Å². The minimum absolute atomic E-state index is 0.0214. The Labute approximate surface area is 617 Å². The zero-order valence-corrected chi connectivity index (χ0v) is 64.4. The summed E-state index contributed by atoms with van der Waals surface area (Å²) in [5, 5.41) is 34.9. The van der Waals surface area contributed by atoms with Gasteiger partial charge in [0, 0.05) is 23.3 Å². The molecule has 2 aliphatic carbocycles. The Bertz CT molecular complexity index is 2920. The molecule has 0 spiro atoms. The van der Waals surface area contributed by atoms with Crippen molar-refractivity contribution in [3.8, 4) is 24.0 Å². The molecule has 1 heterocycles. The number of nitriles is 3. The second-order valence-electron chi connectivity index (χ2n) is 25.2. The molecule has 0 aliphatic heterocycles. The number of carbonyl (C=O) groups is 10. The molecule has 0 saturated heterocycles. The highest BCUT2D eigenvalue weighted by Gasteiger charge is 2.33. The molecule has 582 valence electrons. The van der Waals surface area contributed by atoms with Crippen LogP contribution in [0.15, 0.2) is 84.7 Å². The minimum atomic E-state index is -0.691. The largest absolute Gasteiger partial charge is 0.472 e. The van der Waals surface area contributed by atoms with Crippen molar-refractivity contribution in [3.63, 3.8) is 0 Å². The first-order valence-electron chi connectivity index (χ1n) is 36.0. The third-order valence-corrected chi connectivity index (χ3v) is 16.6. The Morgan fingerprint density at radius 2 is 0.913 bits per heavy atom. The lowest BCUT2D eigenvalue weighted by atomic mass is 9.85. The van der Waals surface area contributed by atoms with Gasteiger partial charge < -0.3 is 56.9 Å². The fourth-order valence-corrected chi connectivity index (χ4v) is 7.85. The summed E-state index contributed by atoms with van der Waals surface area (Å²) in [5.74, 6) is -2.22. The van der Waals surface area contributed by atoms with Crippen LogP contribution in [-0.2, 0) is 97.2 Å². The summed E-state index contributed by atoms with van der Waals surface area (Å²) >= 11 is 0. The topological polar surface area (TPSA) is 368 Å². The third-order valence-electron chi connectivity index (χ3n) is 16.6. The van der Waals surface area contributed by atoms with Gasteiger partial charge in [-0.2, -0.15) is 15.8 Å². The number of furan rings is 1. The Morgan fingerprint density at radius 1 is 0.510 bits per heavy atom. The Morgan fingerprint density at radius 3 is 1.33 bits per heavy atom. The molecule has 10 unspecified atom stereocenters. The van der Waals surface area contributed by atoms with Gasteiger partial charge in [0.1, 0.15) is 51.0 Å². The molecule has 0 radical (unpaired) electrons. The lowest BCUT2D eigenvalue weighted by Crippen LogP contribution is -2.39. The number of aliphatic hydroxyl groups excluding tert-OH is 1. The number of esters is 10. The maximum atomic E-state index is 11.7. The van der Waals surface area contributed by atoms with E-state index in [1.165, 1.54) is 0 Å². The van der Waals surface area contributed by atoms with Gasteiger partial charge in [0.2, 0.25) is 0 Å². The Hall–Kier alpha value is -9.15. The monoisotopic (exact) mass is 1460 g/mol. The number of hydrogen-bond acceptors (Lipinski definition) is 25. The van der Waals surface area contributed by atoms with Gasteiger partial charge in [-0.3, -0.25) is 33.6 Å². The zero-order valence-electron chi connectivity index (χ0n) is 64.4. The van der Waals surface area contributed by atoms with Crippen molar-refractivity contribution in [2.75, 3.05) is 39.6 Å². The van der Waals surface area contributed by atoms with E-state index in [1.807, 2.05) is 108 Å². The summed E-state index contributed by atoms with van der Waals surface area (Å²) in [4.78, 5) is 112. The van der Waals surface area contributed by atoms with Gasteiger partial charge in [-0.15, -0.1) is 0 Å². The first-order valence-corrected chi connectivity index (χ1v) is 36.0. The van der Waals surface area contributed by atoms with E-state index in [9.17, 15) is 53.1 Å². The van der Waals surface area contributed by atoms with Crippen LogP contribution in [0, 0.1) is 87.3 Å². The number of nitrogens with zero attached hydrogens (tertiary/aromatic N) is 3. The molecule has 1 aromatic carbocycles. The second-order valence-corrected chi connectivity index (χ2v) is 25.2. The zero-order chi connectivity index (χ0) is 79.5. The fraction of sp³-hybridized carbons (Fsp3) is 0.633. The molecule has 25 heteroatoms. The summed E-state index contributed by atoms with van der Waals surface area (Å²) in [6.45, 7) is 39.8. The first kappa shape index (κ1) is 99.0. The summed E-state index contributed by atoms with van der Waals surface area (Å²) in [5.41, 5.74) is 1.87. The molecule has 2 aromatic rings. The van der Waals surface area contributed by atoms with Gasteiger partial charge in [-0.25, -0.2) is 14.4 Å². The highest BCUT2D eigenvalue weighted by molar-refractivity contribution is 5.87.